The number of halogens is 1. The maximum Gasteiger partial charge on any atom is 0.252 e. The third-order valence-corrected chi connectivity index (χ3v) is 5.63. The topological polar surface area (TPSA) is 89.1 Å². The van der Waals surface area contributed by atoms with E-state index in [0.29, 0.717) is 35.4 Å². The van der Waals surface area contributed by atoms with Gasteiger partial charge in [-0.15, -0.1) is 0 Å². The van der Waals surface area contributed by atoms with Gasteiger partial charge < -0.3 is 14.8 Å². The first kappa shape index (κ1) is 22.0. The van der Waals surface area contributed by atoms with Crippen LogP contribution < -0.4 is 10.1 Å². The number of aromatic amines is 1. The Morgan fingerprint density at radius 3 is 2.47 bits per heavy atom. The fraction of sp³-hybridized carbons (Fsp3) is 0.208. The van der Waals surface area contributed by atoms with Crippen LogP contribution in [0.3, 0.4) is 0 Å². The molecule has 32 heavy (non-hydrogen) atoms. The van der Waals surface area contributed by atoms with Gasteiger partial charge in [-0.25, -0.2) is 4.98 Å². The van der Waals surface area contributed by atoms with Crippen LogP contribution in [0.2, 0.25) is 0 Å². The van der Waals surface area contributed by atoms with Gasteiger partial charge in [-0.05, 0) is 48.9 Å². The number of amides is 1. The number of pyridine rings is 1. The molecule has 164 valence electrons. The number of H-pyrrole nitrogens is 1. The van der Waals surface area contributed by atoms with E-state index in [1.165, 1.54) is 0 Å². The molecular formula is C24H23BrN4O3. The maximum absolute atomic E-state index is 13.2. The molecule has 0 spiro atoms. The highest BCUT2D eigenvalue weighted by Crippen LogP contribution is 2.32. The lowest BCUT2D eigenvalue weighted by molar-refractivity contribution is 0.0950. The standard InChI is InChI=1S/C24H23BrN4O3/c1-31-13-3-12-26-24(30)19-14-20(15-6-10-18(32-2)11-7-15)27-23-21(19)22(28-29-23)16-4-8-17(25)9-5-16/h4-11,14H,3,12-13H2,1-2H3,(H,26,30)(H,27,28,29). The SMILES string of the molecule is COCCCNC(=O)c1cc(-c2ccc(OC)cc2)nc2n[nH]c(-c3ccc(Br)cc3)c12. The molecule has 0 fully saturated rings. The molecule has 2 aromatic heterocycles. The van der Waals surface area contributed by atoms with Crippen molar-refractivity contribution in [2.24, 2.45) is 0 Å². The van der Waals surface area contributed by atoms with E-state index in [1.54, 1.807) is 14.2 Å². The molecule has 0 aliphatic carbocycles. The second kappa shape index (κ2) is 9.93. The van der Waals surface area contributed by atoms with E-state index < -0.39 is 0 Å². The van der Waals surface area contributed by atoms with Crippen molar-refractivity contribution in [1.82, 2.24) is 20.5 Å². The lowest BCUT2D eigenvalue weighted by Crippen LogP contribution is -2.25. The first-order chi connectivity index (χ1) is 15.6. The number of carbonyl (C=O) groups is 1. The molecule has 4 rings (SSSR count). The minimum atomic E-state index is -0.178. The van der Waals surface area contributed by atoms with Crippen LogP contribution in [0.25, 0.3) is 33.5 Å². The Labute approximate surface area is 194 Å². The summed E-state index contributed by atoms with van der Waals surface area (Å²) in [4.78, 5) is 17.9. The zero-order valence-electron chi connectivity index (χ0n) is 17.8. The Kier molecular flexibility index (Phi) is 6.82. The van der Waals surface area contributed by atoms with Gasteiger partial charge in [0.2, 0.25) is 0 Å². The van der Waals surface area contributed by atoms with Crippen LogP contribution in [0, 0.1) is 0 Å². The number of rotatable bonds is 8. The van der Waals surface area contributed by atoms with Crippen molar-refractivity contribution in [3.63, 3.8) is 0 Å². The average molecular weight is 495 g/mol. The van der Waals surface area contributed by atoms with Crippen molar-refractivity contribution in [3.8, 4) is 28.3 Å². The second-order valence-electron chi connectivity index (χ2n) is 7.19. The molecule has 8 heteroatoms. The summed E-state index contributed by atoms with van der Waals surface area (Å²) >= 11 is 3.46. The zero-order valence-corrected chi connectivity index (χ0v) is 19.4. The molecule has 0 aliphatic rings. The van der Waals surface area contributed by atoms with Gasteiger partial charge in [0, 0.05) is 35.9 Å². The Hall–Kier alpha value is -3.23. The van der Waals surface area contributed by atoms with Crippen LogP contribution >= 0.6 is 15.9 Å². The zero-order chi connectivity index (χ0) is 22.5. The van der Waals surface area contributed by atoms with Gasteiger partial charge >= 0.3 is 0 Å². The summed E-state index contributed by atoms with van der Waals surface area (Å²) in [5.74, 6) is 0.575. The summed E-state index contributed by atoms with van der Waals surface area (Å²) in [5.41, 5.74) is 4.21. The van der Waals surface area contributed by atoms with Crippen LogP contribution in [-0.2, 0) is 4.74 Å². The van der Waals surface area contributed by atoms with E-state index in [-0.39, 0.29) is 5.91 Å². The predicted molar refractivity (Wildman–Crippen MR) is 128 cm³/mol. The molecule has 4 aromatic rings. The fourth-order valence-corrected chi connectivity index (χ4v) is 3.72. The molecule has 0 saturated carbocycles. The van der Waals surface area contributed by atoms with Gasteiger partial charge in [-0.1, -0.05) is 28.1 Å². The summed E-state index contributed by atoms with van der Waals surface area (Å²) in [6.45, 7) is 1.10. The lowest BCUT2D eigenvalue weighted by atomic mass is 10.0. The van der Waals surface area contributed by atoms with E-state index in [1.807, 2.05) is 54.6 Å². The molecule has 1 amide bonds. The molecule has 0 atom stereocenters. The molecule has 2 N–H and O–H groups in total. The number of ether oxygens (including phenoxy) is 2. The largest absolute Gasteiger partial charge is 0.497 e. The van der Waals surface area contributed by atoms with Gasteiger partial charge in [-0.2, -0.15) is 5.10 Å². The first-order valence-electron chi connectivity index (χ1n) is 10.2. The Balaban J connectivity index is 1.80. The van der Waals surface area contributed by atoms with Gasteiger partial charge in [-0.3, -0.25) is 9.89 Å². The van der Waals surface area contributed by atoms with Crippen molar-refractivity contribution in [1.29, 1.82) is 0 Å². The summed E-state index contributed by atoms with van der Waals surface area (Å²) < 4.78 is 11.3. The van der Waals surface area contributed by atoms with E-state index >= 15 is 0 Å². The quantitative estimate of drug-likeness (QED) is 0.342. The number of nitrogens with zero attached hydrogens (tertiary/aromatic N) is 2. The van der Waals surface area contributed by atoms with E-state index in [2.05, 4.69) is 31.4 Å². The van der Waals surface area contributed by atoms with Crippen LogP contribution in [0.15, 0.2) is 59.1 Å². The van der Waals surface area contributed by atoms with Crippen molar-refractivity contribution in [3.05, 3.63) is 64.6 Å². The summed E-state index contributed by atoms with van der Waals surface area (Å²) in [5, 5.41) is 11.2. The minimum Gasteiger partial charge on any atom is -0.497 e. The monoisotopic (exact) mass is 494 g/mol. The van der Waals surface area contributed by atoms with Gasteiger partial charge in [0.05, 0.1) is 29.4 Å². The lowest BCUT2D eigenvalue weighted by Gasteiger charge is -2.10. The molecule has 0 saturated heterocycles. The predicted octanol–water partition coefficient (Wildman–Crippen LogP) is 4.83. The van der Waals surface area contributed by atoms with Crippen molar-refractivity contribution < 1.29 is 14.3 Å². The maximum atomic E-state index is 13.2. The Morgan fingerprint density at radius 1 is 1.06 bits per heavy atom. The van der Waals surface area contributed by atoms with Crippen molar-refractivity contribution in [2.45, 2.75) is 6.42 Å². The van der Waals surface area contributed by atoms with Gasteiger partial charge in [0.1, 0.15) is 5.75 Å². The molecule has 0 bridgehead atoms. The van der Waals surface area contributed by atoms with Crippen LogP contribution in [-0.4, -0.2) is 48.5 Å². The van der Waals surface area contributed by atoms with Gasteiger partial charge in [0.25, 0.3) is 5.91 Å². The minimum absolute atomic E-state index is 0.178. The number of methoxy groups -OCH3 is 2. The number of fused-ring (bicyclic) bond motifs is 1. The molecule has 2 aromatic carbocycles. The van der Waals surface area contributed by atoms with Crippen molar-refractivity contribution >= 4 is 32.9 Å². The molecule has 7 nitrogen and oxygen atoms in total. The Morgan fingerprint density at radius 2 is 1.78 bits per heavy atom. The highest BCUT2D eigenvalue weighted by Gasteiger charge is 2.20. The number of nitrogens with one attached hydrogen (secondary N) is 2. The summed E-state index contributed by atoms with van der Waals surface area (Å²) in [6.07, 6.45) is 0.729. The molecular weight excluding hydrogens is 472 g/mol. The van der Waals surface area contributed by atoms with E-state index in [9.17, 15) is 4.79 Å². The summed E-state index contributed by atoms with van der Waals surface area (Å²) in [6, 6.07) is 17.2. The highest BCUT2D eigenvalue weighted by atomic mass is 79.9. The number of benzene rings is 2. The third kappa shape index (κ3) is 4.66. The number of aromatic nitrogens is 3. The van der Waals surface area contributed by atoms with E-state index in [4.69, 9.17) is 14.5 Å². The van der Waals surface area contributed by atoms with Crippen LogP contribution in [0.4, 0.5) is 0 Å². The second-order valence-corrected chi connectivity index (χ2v) is 8.11. The highest BCUT2D eigenvalue weighted by molar-refractivity contribution is 9.10. The summed E-state index contributed by atoms with van der Waals surface area (Å²) in [7, 11) is 3.27. The first-order valence-corrected chi connectivity index (χ1v) is 11.0. The third-order valence-electron chi connectivity index (χ3n) is 5.10. The van der Waals surface area contributed by atoms with Crippen LogP contribution in [0.1, 0.15) is 16.8 Å². The molecule has 0 unspecified atom stereocenters. The normalized spacial score (nSPS) is 11.0. The average Bonchev–Trinajstić information content (AvgIpc) is 3.26. The number of carbonyl (C=O) groups excluding carboxylic acids is 1. The molecule has 0 aliphatic heterocycles. The number of hydrogen-bond donors (Lipinski definition) is 2. The number of hydrogen-bond acceptors (Lipinski definition) is 5. The molecule has 0 radical (unpaired) electrons. The van der Waals surface area contributed by atoms with Gasteiger partial charge in [0.15, 0.2) is 5.65 Å². The fourth-order valence-electron chi connectivity index (χ4n) is 3.45. The molecule has 2 heterocycles. The smallest absolute Gasteiger partial charge is 0.252 e. The Bertz CT molecular complexity index is 1220. The van der Waals surface area contributed by atoms with E-state index in [0.717, 1.165) is 33.5 Å². The van der Waals surface area contributed by atoms with Crippen LogP contribution in [0.5, 0.6) is 5.75 Å². The van der Waals surface area contributed by atoms with Crippen molar-refractivity contribution in [2.75, 3.05) is 27.4 Å².